The number of rotatable bonds is 5. The fraction of sp³-hybridized carbons (Fsp3) is 0.261. The number of carbonyl (C=O) groups is 2. The van der Waals surface area contributed by atoms with Gasteiger partial charge in [0.2, 0.25) is 5.91 Å². The van der Waals surface area contributed by atoms with Crippen LogP contribution in [-0.4, -0.2) is 29.8 Å². The quantitative estimate of drug-likeness (QED) is 0.368. The van der Waals surface area contributed by atoms with Gasteiger partial charge in [-0.3, -0.25) is 9.59 Å². The molecule has 1 saturated heterocycles. The maximum absolute atomic E-state index is 12.7. The summed E-state index contributed by atoms with van der Waals surface area (Å²) in [5.41, 5.74) is 1.34. The lowest BCUT2D eigenvalue weighted by molar-refractivity contribution is -0.149. The van der Waals surface area contributed by atoms with Gasteiger partial charge in [-0.2, -0.15) is 0 Å². The van der Waals surface area contributed by atoms with Gasteiger partial charge in [-0.05, 0) is 43.5 Å². The molecule has 1 aliphatic rings. The molecule has 7 nitrogen and oxygen atoms in total. The molecule has 3 aromatic rings. The van der Waals surface area contributed by atoms with E-state index in [9.17, 15) is 19.5 Å². The smallest absolute Gasteiger partial charge is 0.336 e. The minimum absolute atomic E-state index is 0.0138. The van der Waals surface area contributed by atoms with Gasteiger partial charge in [0.05, 0.1) is 5.92 Å². The van der Waals surface area contributed by atoms with E-state index in [4.69, 9.17) is 9.15 Å². The van der Waals surface area contributed by atoms with Crippen LogP contribution in [0.3, 0.4) is 0 Å². The zero-order valence-corrected chi connectivity index (χ0v) is 17.9. The maximum Gasteiger partial charge on any atom is 0.336 e. The largest absolute Gasteiger partial charge is 0.508 e. The lowest BCUT2D eigenvalue weighted by Gasteiger charge is -2.17. The number of thioether (sulfide) groups is 1. The first-order chi connectivity index (χ1) is 14.9. The first-order valence-corrected chi connectivity index (χ1v) is 11.0. The molecule has 0 unspecified atom stereocenters. The molecule has 2 heterocycles. The second kappa shape index (κ2) is 8.47. The summed E-state index contributed by atoms with van der Waals surface area (Å²) in [5.74, 6) is -1.19. The molecule has 1 aromatic heterocycles. The third-order valence-corrected chi connectivity index (χ3v) is 6.14. The van der Waals surface area contributed by atoms with Crippen molar-refractivity contribution < 1.29 is 23.8 Å². The van der Waals surface area contributed by atoms with Gasteiger partial charge in [-0.1, -0.05) is 6.07 Å². The molecule has 1 atom stereocenters. The maximum atomic E-state index is 12.7. The molecule has 0 radical (unpaired) electrons. The van der Waals surface area contributed by atoms with Crippen LogP contribution in [0.2, 0.25) is 0 Å². The van der Waals surface area contributed by atoms with Gasteiger partial charge >= 0.3 is 11.6 Å². The number of aryl methyl sites for hydroxylation is 1. The summed E-state index contributed by atoms with van der Waals surface area (Å²) in [6.07, 6.45) is 2.04. The molecular formula is C23H21NO6S. The first kappa shape index (κ1) is 21.0. The summed E-state index contributed by atoms with van der Waals surface area (Å²) in [4.78, 5) is 39.7. The fourth-order valence-electron chi connectivity index (χ4n) is 3.70. The molecule has 1 fully saturated rings. The van der Waals surface area contributed by atoms with Crippen molar-refractivity contribution in [1.82, 2.24) is 0 Å². The number of nitrogens with zero attached hydrogens (tertiary/aromatic N) is 1. The highest BCUT2D eigenvalue weighted by atomic mass is 32.2. The normalized spacial score (nSPS) is 16.1. The number of ether oxygens (including phenoxy) is 1. The van der Waals surface area contributed by atoms with E-state index in [0.29, 0.717) is 16.5 Å². The van der Waals surface area contributed by atoms with Crippen LogP contribution in [0.5, 0.6) is 5.75 Å². The monoisotopic (exact) mass is 439 g/mol. The van der Waals surface area contributed by atoms with Crippen molar-refractivity contribution in [3.63, 3.8) is 0 Å². The Bertz CT molecular complexity index is 1230. The predicted molar refractivity (Wildman–Crippen MR) is 117 cm³/mol. The minimum atomic E-state index is -0.594. The third-order valence-electron chi connectivity index (χ3n) is 5.41. The number of esters is 1. The van der Waals surface area contributed by atoms with Crippen molar-refractivity contribution in [2.24, 2.45) is 5.92 Å². The number of hydrogen-bond acceptors (Lipinski definition) is 7. The highest BCUT2D eigenvalue weighted by molar-refractivity contribution is 7.98. The van der Waals surface area contributed by atoms with Crippen molar-refractivity contribution >= 4 is 40.3 Å². The van der Waals surface area contributed by atoms with Crippen molar-refractivity contribution in [2.75, 3.05) is 17.7 Å². The second-order valence-electron chi connectivity index (χ2n) is 7.39. The average Bonchev–Trinajstić information content (AvgIpc) is 3.16. The summed E-state index contributed by atoms with van der Waals surface area (Å²) >= 11 is 1.58. The molecule has 0 saturated carbocycles. The number of aromatic hydroxyl groups is 1. The van der Waals surface area contributed by atoms with E-state index >= 15 is 0 Å². The Kier molecular flexibility index (Phi) is 5.73. The van der Waals surface area contributed by atoms with Crippen LogP contribution >= 0.6 is 11.8 Å². The molecule has 0 aliphatic carbocycles. The summed E-state index contributed by atoms with van der Waals surface area (Å²) in [6.45, 7) is 1.76. The van der Waals surface area contributed by atoms with Crippen molar-refractivity contribution in [3.8, 4) is 5.75 Å². The Hall–Kier alpha value is -3.26. The number of phenols is 1. The van der Waals surface area contributed by atoms with Crippen molar-refractivity contribution in [1.29, 1.82) is 0 Å². The number of phenolic OH excluding ortho intramolecular Hbond substituents is 1. The SMILES string of the molecule is CSc1cccc(N2C[C@H](C(=O)OCc3cc(=O)oc4c(C)c(O)ccc34)CC2=O)c1. The fourth-order valence-corrected chi connectivity index (χ4v) is 4.15. The summed E-state index contributed by atoms with van der Waals surface area (Å²) < 4.78 is 10.7. The average molecular weight is 439 g/mol. The highest BCUT2D eigenvalue weighted by Gasteiger charge is 2.36. The van der Waals surface area contributed by atoms with Gasteiger partial charge in [-0.25, -0.2) is 4.79 Å². The van der Waals surface area contributed by atoms with Crippen molar-refractivity contribution in [2.45, 2.75) is 24.8 Å². The Morgan fingerprint density at radius 3 is 2.84 bits per heavy atom. The number of benzene rings is 2. The molecule has 1 amide bonds. The molecule has 31 heavy (non-hydrogen) atoms. The van der Waals surface area contributed by atoms with Gasteiger partial charge in [0.1, 0.15) is 17.9 Å². The van der Waals surface area contributed by atoms with Gasteiger partial charge in [0, 0.05) is 46.1 Å². The Morgan fingerprint density at radius 2 is 2.06 bits per heavy atom. The van der Waals surface area contributed by atoms with Crippen LogP contribution in [-0.2, 0) is 20.9 Å². The van der Waals surface area contributed by atoms with Gasteiger partial charge in [0.25, 0.3) is 0 Å². The zero-order chi connectivity index (χ0) is 22.1. The van der Waals surface area contributed by atoms with Crippen LogP contribution < -0.4 is 10.5 Å². The third kappa shape index (κ3) is 4.16. The summed E-state index contributed by atoms with van der Waals surface area (Å²) in [7, 11) is 0. The van der Waals surface area contributed by atoms with E-state index in [1.54, 1.807) is 29.7 Å². The van der Waals surface area contributed by atoms with Crippen LogP contribution in [0.1, 0.15) is 17.5 Å². The molecule has 1 N–H and O–H groups in total. The first-order valence-electron chi connectivity index (χ1n) is 9.73. The predicted octanol–water partition coefficient (Wildman–Crippen LogP) is 3.63. The van der Waals surface area contributed by atoms with Crippen molar-refractivity contribution in [3.05, 3.63) is 64.0 Å². The molecular weight excluding hydrogens is 418 g/mol. The molecule has 4 rings (SSSR count). The van der Waals surface area contributed by atoms with E-state index in [1.165, 1.54) is 12.1 Å². The van der Waals surface area contributed by atoms with E-state index in [-0.39, 0.29) is 36.8 Å². The molecule has 2 aromatic carbocycles. The van der Waals surface area contributed by atoms with E-state index in [0.717, 1.165) is 10.6 Å². The van der Waals surface area contributed by atoms with Gasteiger partial charge < -0.3 is 19.2 Å². The Morgan fingerprint density at radius 1 is 1.26 bits per heavy atom. The summed E-state index contributed by atoms with van der Waals surface area (Å²) in [6, 6.07) is 12.0. The van der Waals surface area contributed by atoms with Crippen LogP contribution in [0.15, 0.2) is 56.6 Å². The van der Waals surface area contributed by atoms with E-state index < -0.39 is 17.5 Å². The number of carbonyl (C=O) groups excluding carboxylic acids is 2. The van der Waals surface area contributed by atoms with Gasteiger partial charge in [0.15, 0.2) is 0 Å². The van der Waals surface area contributed by atoms with Crippen LogP contribution in [0.25, 0.3) is 11.0 Å². The standard InChI is InChI=1S/C23H21NO6S/c1-13-19(25)7-6-18-15(9-21(27)30-22(13)18)12-29-23(28)14-8-20(26)24(11-14)16-4-3-5-17(10-16)31-2/h3-7,9-10,14,25H,8,11-12H2,1-2H3/t14-/m1/s1. The number of anilines is 1. The zero-order valence-electron chi connectivity index (χ0n) is 17.1. The summed E-state index contributed by atoms with van der Waals surface area (Å²) in [5, 5.41) is 10.4. The Labute approximate surface area is 182 Å². The molecule has 0 spiro atoms. The minimum Gasteiger partial charge on any atom is -0.508 e. The number of fused-ring (bicyclic) bond motifs is 1. The van der Waals surface area contributed by atoms with Crippen LogP contribution in [0.4, 0.5) is 5.69 Å². The highest BCUT2D eigenvalue weighted by Crippen LogP contribution is 2.30. The van der Waals surface area contributed by atoms with Crippen LogP contribution in [0, 0.1) is 12.8 Å². The topological polar surface area (TPSA) is 97.1 Å². The lowest BCUT2D eigenvalue weighted by atomic mass is 10.1. The molecule has 1 aliphatic heterocycles. The lowest BCUT2D eigenvalue weighted by Crippen LogP contribution is -2.26. The number of hydrogen-bond donors (Lipinski definition) is 1. The molecule has 160 valence electrons. The molecule has 8 heteroatoms. The van der Waals surface area contributed by atoms with Gasteiger partial charge in [-0.15, -0.1) is 11.8 Å². The van der Waals surface area contributed by atoms with E-state index in [1.807, 2.05) is 30.5 Å². The van der Waals surface area contributed by atoms with E-state index in [2.05, 4.69) is 0 Å². The Balaban J connectivity index is 1.49. The number of amides is 1. The molecule has 0 bridgehead atoms. The second-order valence-corrected chi connectivity index (χ2v) is 8.27.